The second-order valence-electron chi connectivity index (χ2n) is 5.74. The lowest BCUT2D eigenvalue weighted by Gasteiger charge is -2.17. The zero-order chi connectivity index (χ0) is 18.0. The summed E-state index contributed by atoms with van der Waals surface area (Å²) in [6, 6.07) is 12.5. The molecule has 6 nitrogen and oxygen atoms in total. The second-order valence-corrected chi connectivity index (χ2v) is 5.74. The first-order chi connectivity index (χ1) is 12.0. The Balaban J connectivity index is 2.02. The molecule has 0 amide bonds. The minimum atomic E-state index is -0.962. The van der Waals surface area contributed by atoms with Crippen LogP contribution in [0.2, 0.25) is 0 Å². The van der Waals surface area contributed by atoms with E-state index in [0.717, 1.165) is 11.1 Å². The Morgan fingerprint density at radius 2 is 1.84 bits per heavy atom. The highest BCUT2D eigenvalue weighted by Gasteiger charge is 2.17. The summed E-state index contributed by atoms with van der Waals surface area (Å²) in [5, 5.41) is 16.4. The summed E-state index contributed by atoms with van der Waals surface area (Å²) >= 11 is 0. The fourth-order valence-corrected chi connectivity index (χ4v) is 2.89. The maximum Gasteiger partial charge on any atom is 0.274 e. The molecule has 2 aromatic carbocycles. The van der Waals surface area contributed by atoms with Gasteiger partial charge in [-0.1, -0.05) is 18.2 Å². The third-order valence-corrected chi connectivity index (χ3v) is 4.19. The highest BCUT2D eigenvalue weighted by Crippen LogP contribution is 2.30. The Bertz CT molecular complexity index is 965. The number of hydrogen-bond acceptors (Lipinski definition) is 5. The molecule has 0 saturated carbocycles. The Kier molecular flexibility index (Phi) is 4.72. The SMILES string of the molecule is COc1ccc(OC)c(C(O)Cn2nc(C)c3ccccc3c2=O)c1. The van der Waals surface area contributed by atoms with Crippen LogP contribution in [0.4, 0.5) is 0 Å². The molecule has 0 aliphatic rings. The third-order valence-electron chi connectivity index (χ3n) is 4.19. The predicted octanol–water partition coefficient (Wildman–Crippen LogP) is 2.46. The van der Waals surface area contributed by atoms with Crippen molar-refractivity contribution in [2.75, 3.05) is 14.2 Å². The fourth-order valence-electron chi connectivity index (χ4n) is 2.89. The van der Waals surface area contributed by atoms with Gasteiger partial charge in [0.05, 0.1) is 31.8 Å². The van der Waals surface area contributed by atoms with E-state index in [0.29, 0.717) is 22.4 Å². The van der Waals surface area contributed by atoms with Crippen molar-refractivity contribution in [1.29, 1.82) is 0 Å². The van der Waals surface area contributed by atoms with Gasteiger partial charge in [0.2, 0.25) is 0 Å². The number of aromatic nitrogens is 2. The van der Waals surface area contributed by atoms with Gasteiger partial charge in [0.15, 0.2) is 0 Å². The fraction of sp³-hybridized carbons (Fsp3) is 0.263. The number of fused-ring (bicyclic) bond motifs is 1. The van der Waals surface area contributed by atoms with Crippen LogP contribution in [0, 0.1) is 6.92 Å². The van der Waals surface area contributed by atoms with E-state index in [9.17, 15) is 9.90 Å². The zero-order valence-corrected chi connectivity index (χ0v) is 14.4. The van der Waals surface area contributed by atoms with Crippen molar-refractivity contribution in [2.24, 2.45) is 0 Å². The minimum absolute atomic E-state index is 0.0219. The highest BCUT2D eigenvalue weighted by molar-refractivity contribution is 5.83. The molecule has 1 unspecified atom stereocenters. The molecule has 1 heterocycles. The summed E-state index contributed by atoms with van der Waals surface area (Å²) in [7, 11) is 3.08. The van der Waals surface area contributed by atoms with Crippen molar-refractivity contribution >= 4 is 10.8 Å². The molecule has 3 aromatic rings. The largest absolute Gasteiger partial charge is 0.497 e. The molecule has 0 bridgehead atoms. The molecule has 6 heteroatoms. The number of aliphatic hydroxyl groups is 1. The third kappa shape index (κ3) is 3.21. The Hall–Kier alpha value is -2.86. The zero-order valence-electron chi connectivity index (χ0n) is 14.4. The molecule has 25 heavy (non-hydrogen) atoms. The Morgan fingerprint density at radius 3 is 2.52 bits per heavy atom. The molecule has 3 rings (SSSR count). The van der Waals surface area contributed by atoms with E-state index < -0.39 is 6.10 Å². The number of methoxy groups -OCH3 is 2. The number of aliphatic hydroxyl groups excluding tert-OH is 1. The van der Waals surface area contributed by atoms with Crippen LogP contribution in [0.5, 0.6) is 11.5 Å². The first-order valence-electron chi connectivity index (χ1n) is 7.91. The van der Waals surface area contributed by atoms with Gasteiger partial charge in [-0.25, -0.2) is 4.68 Å². The van der Waals surface area contributed by atoms with Crippen LogP contribution in [0.25, 0.3) is 10.8 Å². The van der Waals surface area contributed by atoms with Crippen molar-refractivity contribution < 1.29 is 14.6 Å². The van der Waals surface area contributed by atoms with E-state index in [1.165, 1.54) is 11.8 Å². The van der Waals surface area contributed by atoms with Crippen molar-refractivity contribution in [3.05, 3.63) is 64.1 Å². The van der Waals surface area contributed by atoms with Crippen molar-refractivity contribution in [3.63, 3.8) is 0 Å². The van der Waals surface area contributed by atoms with Crippen LogP contribution in [0.15, 0.2) is 47.3 Å². The lowest BCUT2D eigenvalue weighted by molar-refractivity contribution is 0.145. The van der Waals surface area contributed by atoms with Gasteiger partial charge < -0.3 is 14.6 Å². The second kappa shape index (κ2) is 6.94. The standard InChI is InChI=1S/C19H20N2O4/c1-12-14-6-4-5-7-15(14)19(23)21(20-12)11-17(22)16-10-13(24-2)8-9-18(16)25-3/h4-10,17,22H,11H2,1-3H3. The molecule has 0 aliphatic heterocycles. The number of aryl methyl sites for hydroxylation is 1. The number of ether oxygens (including phenoxy) is 2. The quantitative estimate of drug-likeness (QED) is 0.772. The van der Waals surface area contributed by atoms with Crippen LogP contribution in [0.3, 0.4) is 0 Å². The van der Waals surface area contributed by atoms with E-state index in [-0.39, 0.29) is 12.1 Å². The first-order valence-corrected chi connectivity index (χ1v) is 7.91. The van der Waals surface area contributed by atoms with Crippen molar-refractivity contribution in [1.82, 2.24) is 9.78 Å². The van der Waals surface area contributed by atoms with Gasteiger partial charge in [0.1, 0.15) is 17.6 Å². The molecule has 1 atom stereocenters. The van der Waals surface area contributed by atoms with Crippen molar-refractivity contribution in [2.45, 2.75) is 19.6 Å². The lowest BCUT2D eigenvalue weighted by atomic mass is 10.1. The maximum atomic E-state index is 12.7. The summed E-state index contributed by atoms with van der Waals surface area (Å²) in [4.78, 5) is 12.7. The number of rotatable bonds is 5. The molecule has 0 radical (unpaired) electrons. The topological polar surface area (TPSA) is 73.6 Å². The molecule has 130 valence electrons. The molecule has 1 aromatic heterocycles. The average Bonchev–Trinajstić information content (AvgIpc) is 2.65. The number of hydrogen-bond donors (Lipinski definition) is 1. The van der Waals surface area contributed by atoms with Gasteiger partial charge in [-0.2, -0.15) is 5.10 Å². The summed E-state index contributed by atoms with van der Waals surface area (Å²) in [5.74, 6) is 1.13. The monoisotopic (exact) mass is 340 g/mol. The van der Waals surface area contributed by atoms with E-state index in [2.05, 4.69) is 5.10 Å². The smallest absolute Gasteiger partial charge is 0.274 e. The van der Waals surface area contributed by atoms with Crippen LogP contribution < -0.4 is 15.0 Å². The molecule has 0 spiro atoms. The van der Waals surface area contributed by atoms with E-state index in [1.807, 2.05) is 25.1 Å². The van der Waals surface area contributed by atoms with Crippen LogP contribution in [0.1, 0.15) is 17.4 Å². The average molecular weight is 340 g/mol. The summed E-state index contributed by atoms with van der Waals surface area (Å²) in [5.41, 5.74) is 1.04. The highest BCUT2D eigenvalue weighted by atomic mass is 16.5. The van der Waals surface area contributed by atoms with Gasteiger partial charge in [0.25, 0.3) is 5.56 Å². The minimum Gasteiger partial charge on any atom is -0.497 e. The predicted molar refractivity (Wildman–Crippen MR) is 95.2 cm³/mol. The van der Waals surface area contributed by atoms with E-state index in [4.69, 9.17) is 9.47 Å². The summed E-state index contributed by atoms with van der Waals surface area (Å²) in [6.07, 6.45) is -0.962. The molecule has 0 fully saturated rings. The van der Waals surface area contributed by atoms with Gasteiger partial charge in [-0.15, -0.1) is 0 Å². The molecule has 1 N–H and O–H groups in total. The first kappa shape index (κ1) is 17.0. The van der Waals surface area contributed by atoms with Gasteiger partial charge in [-0.05, 0) is 31.2 Å². The van der Waals surface area contributed by atoms with Gasteiger partial charge >= 0.3 is 0 Å². The molecule has 0 saturated heterocycles. The number of benzene rings is 2. The molecular formula is C19H20N2O4. The molecular weight excluding hydrogens is 320 g/mol. The van der Waals surface area contributed by atoms with E-state index in [1.54, 1.807) is 31.4 Å². The van der Waals surface area contributed by atoms with Gasteiger partial charge in [0, 0.05) is 10.9 Å². The number of nitrogens with zero attached hydrogens (tertiary/aromatic N) is 2. The summed E-state index contributed by atoms with van der Waals surface area (Å²) < 4.78 is 11.8. The maximum absolute atomic E-state index is 12.7. The van der Waals surface area contributed by atoms with E-state index >= 15 is 0 Å². The molecule has 0 aliphatic carbocycles. The van der Waals surface area contributed by atoms with Crippen LogP contribution >= 0.6 is 0 Å². The van der Waals surface area contributed by atoms with Crippen molar-refractivity contribution in [3.8, 4) is 11.5 Å². The lowest BCUT2D eigenvalue weighted by Crippen LogP contribution is -2.27. The Morgan fingerprint density at radius 1 is 1.12 bits per heavy atom. The van der Waals surface area contributed by atoms with Crippen LogP contribution in [-0.2, 0) is 6.54 Å². The normalized spacial score (nSPS) is 12.2. The van der Waals surface area contributed by atoms with Crippen LogP contribution in [-0.4, -0.2) is 29.1 Å². The summed E-state index contributed by atoms with van der Waals surface area (Å²) in [6.45, 7) is 1.87. The Labute approximate surface area is 145 Å². The van der Waals surface area contributed by atoms with Gasteiger partial charge in [-0.3, -0.25) is 4.79 Å².